The highest BCUT2D eigenvalue weighted by atomic mass is 35.5. The van der Waals surface area contributed by atoms with Gasteiger partial charge in [-0.1, -0.05) is 35.0 Å². The van der Waals surface area contributed by atoms with E-state index in [9.17, 15) is 17.6 Å². The summed E-state index contributed by atoms with van der Waals surface area (Å²) in [6.07, 6.45) is 0.930. The van der Waals surface area contributed by atoms with Gasteiger partial charge in [-0.3, -0.25) is 9.10 Å². The van der Waals surface area contributed by atoms with Gasteiger partial charge in [-0.15, -0.1) is 0 Å². The molecule has 1 aromatic heterocycles. The molecule has 11 heteroatoms. The summed E-state index contributed by atoms with van der Waals surface area (Å²) in [5.41, 5.74) is 0.617. The number of nitrogens with zero attached hydrogens (tertiary/aromatic N) is 3. The molecule has 1 N–H and O–H groups in total. The molecule has 1 amide bonds. The van der Waals surface area contributed by atoms with Crippen molar-refractivity contribution in [1.82, 2.24) is 15.5 Å². The molecule has 0 aliphatic rings. The van der Waals surface area contributed by atoms with E-state index in [0.29, 0.717) is 10.6 Å². The van der Waals surface area contributed by atoms with E-state index in [1.165, 1.54) is 18.2 Å². The number of benzene rings is 2. The van der Waals surface area contributed by atoms with Crippen LogP contribution >= 0.6 is 11.6 Å². The Kier molecular flexibility index (Phi) is 6.14. The predicted molar refractivity (Wildman–Crippen MR) is 105 cm³/mol. The third-order valence-electron chi connectivity index (χ3n) is 3.80. The largest absolute Gasteiger partial charge is 0.345 e. The zero-order valence-corrected chi connectivity index (χ0v) is 16.7. The van der Waals surface area contributed by atoms with Crippen LogP contribution in [0, 0.1) is 5.82 Å². The van der Waals surface area contributed by atoms with Gasteiger partial charge in [0.25, 0.3) is 0 Å². The van der Waals surface area contributed by atoms with Crippen LogP contribution in [-0.4, -0.2) is 37.3 Å². The molecule has 1 heterocycles. The first kappa shape index (κ1) is 20.7. The van der Waals surface area contributed by atoms with Gasteiger partial charge < -0.3 is 9.84 Å². The molecule has 0 atom stereocenters. The molecule has 0 fully saturated rings. The number of halogens is 2. The van der Waals surface area contributed by atoms with E-state index in [0.717, 1.165) is 16.6 Å². The lowest BCUT2D eigenvalue weighted by molar-refractivity contribution is -0.119. The van der Waals surface area contributed by atoms with Gasteiger partial charge in [-0.05, 0) is 30.3 Å². The van der Waals surface area contributed by atoms with Crippen molar-refractivity contribution in [2.45, 2.75) is 6.54 Å². The normalized spacial score (nSPS) is 11.3. The molecule has 0 aliphatic heterocycles. The molecule has 0 bridgehead atoms. The van der Waals surface area contributed by atoms with Crippen molar-refractivity contribution in [2.75, 3.05) is 17.1 Å². The van der Waals surface area contributed by atoms with Crippen LogP contribution in [0.2, 0.25) is 5.02 Å². The molecule has 8 nitrogen and oxygen atoms in total. The maximum absolute atomic E-state index is 13.4. The molecule has 0 saturated heterocycles. The number of hydrogen-bond donors (Lipinski definition) is 1. The van der Waals surface area contributed by atoms with Crippen LogP contribution in [0.3, 0.4) is 0 Å². The van der Waals surface area contributed by atoms with Gasteiger partial charge >= 0.3 is 0 Å². The minimum absolute atomic E-state index is 0.0430. The third kappa shape index (κ3) is 5.30. The van der Waals surface area contributed by atoms with E-state index in [1.807, 2.05) is 0 Å². The Bertz CT molecular complexity index is 1140. The summed E-state index contributed by atoms with van der Waals surface area (Å²) in [7, 11) is -3.81. The number of nitrogens with one attached hydrogen (secondary N) is 1. The van der Waals surface area contributed by atoms with E-state index in [4.69, 9.17) is 16.1 Å². The first-order valence-electron chi connectivity index (χ1n) is 8.31. The Morgan fingerprint density at radius 3 is 2.69 bits per heavy atom. The zero-order valence-electron chi connectivity index (χ0n) is 15.2. The SMILES string of the molecule is CS(=O)(=O)N(CC(=O)NCc1nc(-c2ccccc2Cl)no1)c1cccc(F)c1. The summed E-state index contributed by atoms with van der Waals surface area (Å²) < 4.78 is 43.3. The lowest BCUT2D eigenvalue weighted by Crippen LogP contribution is -2.40. The lowest BCUT2D eigenvalue weighted by atomic mass is 10.2. The first-order valence-corrected chi connectivity index (χ1v) is 10.5. The predicted octanol–water partition coefficient (Wildman–Crippen LogP) is 2.61. The van der Waals surface area contributed by atoms with Gasteiger partial charge in [0.05, 0.1) is 23.5 Å². The van der Waals surface area contributed by atoms with Crippen LogP contribution in [0.1, 0.15) is 5.89 Å². The third-order valence-corrected chi connectivity index (χ3v) is 5.27. The Balaban J connectivity index is 1.67. The fraction of sp³-hybridized carbons (Fsp3) is 0.167. The molecule has 3 rings (SSSR count). The topological polar surface area (TPSA) is 105 Å². The average Bonchev–Trinajstić information content (AvgIpc) is 3.12. The Morgan fingerprint density at radius 2 is 2.00 bits per heavy atom. The zero-order chi connectivity index (χ0) is 21.0. The monoisotopic (exact) mass is 438 g/mol. The molecule has 2 aromatic carbocycles. The van der Waals surface area contributed by atoms with Gasteiger partial charge in [0.15, 0.2) is 0 Å². The molecule has 3 aromatic rings. The maximum Gasteiger partial charge on any atom is 0.246 e. The summed E-state index contributed by atoms with van der Waals surface area (Å²) in [5.74, 6) is -0.867. The number of rotatable bonds is 7. The average molecular weight is 439 g/mol. The molecule has 0 radical (unpaired) electrons. The van der Waals surface area contributed by atoms with Gasteiger partial charge in [0.2, 0.25) is 27.6 Å². The number of carbonyl (C=O) groups is 1. The van der Waals surface area contributed by atoms with Gasteiger partial charge in [0.1, 0.15) is 12.4 Å². The van der Waals surface area contributed by atoms with E-state index in [1.54, 1.807) is 24.3 Å². The van der Waals surface area contributed by atoms with E-state index < -0.39 is 28.3 Å². The number of carbonyl (C=O) groups excluding carboxylic acids is 1. The summed E-state index contributed by atoms with van der Waals surface area (Å²) in [6, 6.07) is 11.9. The second-order valence-corrected chi connectivity index (χ2v) is 8.33. The molecule has 0 spiro atoms. The number of sulfonamides is 1. The van der Waals surface area contributed by atoms with Gasteiger partial charge in [-0.25, -0.2) is 12.8 Å². The Labute approximate surface area is 171 Å². The highest BCUT2D eigenvalue weighted by Gasteiger charge is 2.21. The van der Waals surface area contributed by atoms with Crippen LogP contribution in [-0.2, 0) is 21.4 Å². The Morgan fingerprint density at radius 1 is 1.24 bits per heavy atom. The summed E-state index contributed by atoms with van der Waals surface area (Å²) in [6.45, 7) is -0.648. The van der Waals surface area contributed by atoms with E-state index in [2.05, 4.69) is 15.5 Å². The second kappa shape index (κ2) is 8.58. The second-order valence-electron chi connectivity index (χ2n) is 6.02. The maximum atomic E-state index is 13.4. The quantitative estimate of drug-likeness (QED) is 0.607. The number of hydrogen-bond acceptors (Lipinski definition) is 6. The molecule has 152 valence electrons. The molecule has 0 unspecified atom stereocenters. The summed E-state index contributed by atoms with van der Waals surface area (Å²) >= 11 is 6.08. The smallest absolute Gasteiger partial charge is 0.246 e. The fourth-order valence-electron chi connectivity index (χ4n) is 2.47. The van der Waals surface area contributed by atoms with Crippen molar-refractivity contribution < 1.29 is 22.1 Å². The van der Waals surface area contributed by atoms with Crippen molar-refractivity contribution in [3.63, 3.8) is 0 Å². The molecule has 0 saturated carbocycles. The first-order chi connectivity index (χ1) is 13.7. The van der Waals surface area contributed by atoms with Crippen LogP contribution < -0.4 is 9.62 Å². The van der Waals surface area contributed by atoms with Crippen molar-refractivity contribution in [3.05, 3.63) is 65.3 Å². The van der Waals surface area contributed by atoms with Gasteiger partial charge in [-0.2, -0.15) is 4.98 Å². The van der Waals surface area contributed by atoms with E-state index >= 15 is 0 Å². The minimum atomic E-state index is -3.81. The number of aromatic nitrogens is 2. The highest BCUT2D eigenvalue weighted by Crippen LogP contribution is 2.24. The van der Waals surface area contributed by atoms with Crippen molar-refractivity contribution in [3.8, 4) is 11.4 Å². The minimum Gasteiger partial charge on any atom is -0.345 e. The van der Waals surface area contributed by atoms with Gasteiger partial charge in [0, 0.05) is 5.56 Å². The highest BCUT2D eigenvalue weighted by molar-refractivity contribution is 7.92. The van der Waals surface area contributed by atoms with Crippen molar-refractivity contribution in [2.24, 2.45) is 0 Å². The standard InChI is InChI=1S/C18H16ClFN4O4S/c1-29(26,27)24(13-6-4-5-12(20)9-13)11-16(25)21-10-17-22-18(23-28-17)14-7-2-3-8-15(14)19/h2-9H,10-11H2,1H3,(H,21,25). The van der Waals surface area contributed by atoms with Crippen molar-refractivity contribution >= 4 is 33.2 Å². The van der Waals surface area contributed by atoms with Crippen LogP contribution in [0.15, 0.2) is 53.1 Å². The molecule has 0 aliphatic carbocycles. The number of amides is 1. The fourth-order valence-corrected chi connectivity index (χ4v) is 3.54. The van der Waals surface area contributed by atoms with E-state index in [-0.39, 0.29) is 23.9 Å². The lowest BCUT2D eigenvalue weighted by Gasteiger charge is -2.21. The molecular weight excluding hydrogens is 423 g/mol. The summed E-state index contributed by atoms with van der Waals surface area (Å²) in [5, 5.41) is 6.76. The molecular formula is C18H16ClFN4O4S. The molecule has 29 heavy (non-hydrogen) atoms. The Hall–Kier alpha value is -2.98. The summed E-state index contributed by atoms with van der Waals surface area (Å²) in [4.78, 5) is 16.4. The van der Waals surface area contributed by atoms with Crippen LogP contribution in [0.4, 0.5) is 10.1 Å². The van der Waals surface area contributed by atoms with Crippen molar-refractivity contribution in [1.29, 1.82) is 0 Å². The van der Waals surface area contributed by atoms with Crippen LogP contribution in [0.25, 0.3) is 11.4 Å². The number of anilines is 1. The van der Waals surface area contributed by atoms with Crippen LogP contribution in [0.5, 0.6) is 0 Å².